The van der Waals surface area contributed by atoms with Crippen LogP contribution < -0.4 is 0 Å². The number of hydrogen-bond donors (Lipinski definition) is 1. The number of nitriles is 1. The number of ether oxygens (including phenoxy) is 1. The Kier molecular flexibility index (Phi) is 7.05. The first-order chi connectivity index (χ1) is 14.0. The van der Waals surface area contributed by atoms with E-state index in [1.165, 1.54) is 0 Å². The van der Waals surface area contributed by atoms with E-state index in [1.807, 2.05) is 43.3 Å². The topological polar surface area (TPSA) is 79.0 Å². The molecule has 0 saturated heterocycles. The van der Waals surface area contributed by atoms with Crippen LogP contribution in [0.15, 0.2) is 48.5 Å². The van der Waals surface area contributed by atoms with Crippen molar-refractivity contribution in [3.63, 3.8) is 0 Å². The van der Waals surface area contributed by atoms with Crippen LogP contribution in [0.1, 0.15) is 23.9 Å². The number of aromatic hydroxyl groups is 1. The first-order valence-electron chi connectivity index (χ1n) is 9.05. The van der Waals surface area contributed by atoms with Crippen molar-refractivity contribution in [1.29, 1.82) is 5.26 Å². The Morgan fingerprint density at radius 2 is 1.86 bits per heavy atom. The summed E-state index contributed by atoms with van der Waals surface area (Å²) in [5, 5.41) is 20.4. The molecular formula is C22H19Cl2N3O2. The van der Waals surface area contributed by atoms with Gasteiger partial charge in [0.1, 0.15) is 17.5 Å². The van der Waals surface area contributed by atoms with Crippen LogP contribution in [0.4, 0.5) is 0 Å². The van der Waals surface area contributed by atoms with E-state index in [2.05, 4.69) is 9.97 Å². The molecule has 0 radical (unpaired) electrons. The molecule has 0 fully saturated rings. The summed E-state index contributed by atoms with van der Waals surface area (Å²) in [4.78, 5) is 8.58. The van der Waals surface area contributed by atoms with E-state index < -0.39 is 0 Å². The van der Waals surface area contributed by atoms with Crippen molar-refractivity contribution < 1.29 is 9.84 Å². The Morgan fingerprint density at radius 1 is 1.10 bits per heavy atom. The molecule has 0 aliphatic heterocycles. The van der Waals surface area contributed by atoms with E-state index in [1.54, 1.807) is 18.2 Å². The van der Waals surface area contributed by atoms with Gasteiger partial charge in [0.25, 0.3) is 0 Å². The lowest BCUT2D eigenvalue weighted by Crippen LogP contribution is -2.12. The van der Waals surface area contributed by atoms with E-state index in [9.17, 15) is 10.4 Å². The highest BCUT2D eigenvalue weighted by molar-refractivity contribution is 6.42. The van der Waals surface area contributed by atoms with Crippen LogP contribution in [0.3, 0.4) is 0 Å². The second-order valence-electron chi connectivity index (χ2n) is 6.74. The van der Waals surface area contributed by atoms with Gasteiger partial charge in [0, 0.05) is 12.0 Å². The maximum Gasteiger partial charge on any atom is 0.233 e. The molecule has 148 valence electrons. The summed E-state index contributed by atoms with van der Waals surface area (Å²) >= 11 is 12.1. The van der Waals surface area contributed by atoms with E-state index >= 15 is 0 Å². The molecule has 1 atom stereocenters. The minimum Gasteiger partial charge on any atom is -0.492 e. The van der Waals surface area contributed by atoms with E-state index in [0.29, 0.717) is 46.8 Å². The lowest BCUT2D eigenvalue weighted by Gasteiger charge is -2.13. The summed E-state index contributed by atoms with van der Waals surface area (Å²) in [6.07, 6.45) is 0.488. The minimum atomic E-state index is -0.351. The van der Waals surface area contributed by atoms with Crippen LogP contribution in [0.2, 0.25) is 10.0 Å². The maximum absolute atomic E-state index is 10.2. The molecule has 3 aromatic rings. The lowest BCUT2D eigenvalue weighted by atomic mass is 10.1. The van der Waals surface area contributed by atoms with Crippen molar-refractivity contribution in [3.8, 4) is 23.2 Å². The Balaban J connectivity index is 1.75. The zero-order valence-corrected chi connectivity index (χ0v) is 17.3. The molecule has 0 amide bonds. The molecule has 0 bridgehead atoms. The SMILES string of the molecule is C[C@@H](COCc1ccccc1)Cc1nc(O)c(C#N)c(-c2ccc(Cl)c(Cl)c2)n1. The van der Waals surface area contributed by atoms with Crippen LogP contribution in [0.25, 0.3) is 11.3 Å². The largest absolute Gasteiger partial charge is 0.492 e. The molecule has 1 aromatic heterocycles. The van der Waals surface area contributed by atoms with Gasteiger partial charge in [-0.05, 0) is 23.6 Å². The van der Waals surface area contributed by atoms with Gasteiger partial charge in [-0.2, -0.15) is 10.2 Å². The third kappa shape index (κ3) is 5.45. The summed E-state index contributed by atoms with van der Waals surface area (Å²) in [5.41, 5.74) is 2.02. The molecule has 29 heavy (non-hydrogen) atoms. The number of benzene rings is 2. The number of aromatic nitrogens is 2. The molecule has 5 nitrogen and oxygen atoms in total. The number of nitrogens with zero attached hydrogens (tertiary/aromatic N) is 3. The van der Waals surface area contributed by atoms with Crippen molar-refractivity contribution in [3.05, 3.63) is 75.5 Å². The quantitative estimate of drug-likeness (QED) is 0.544. The fourth-order valence-corrected chi connectivity index (χ4v) is 3.16. The van der Waals surface area contributed by atoms with Crippen LogP contribution in [0, 0.1) is 17.2 Å². The van der Waals surface area contributed by atoms with Crippen LogP contribution in [-0.2, 0) is 17.8 Å². The van der Waals surface area contributed by atoms with Crippen LogP contribution >= 0.6 is 23.2 Å². The zero-order valence-electron chi connectivity index (χ0n) is 15.8. The van der Waals surface area contributed by atoms with E-state index in [-0.39, 0.29) is 17.4 Å². The maximum atomic E-state index is 10.2. The van der Waals surface area contributed by atoms with Gasteiger partial charge in [-0.25, -0.2) is 4.98 Å². The molecule has 1 heterocycles. The van der Waals surface area contributed by atoms with E-state index in [0.717, 1.165) is 5.56 Å². The molecule has 2 aromatic carbocycles. The molecule has 0 spiro atoms. The normalized spacial score (nSPS) is 11.8. The second-order valence-corrected chi connectivity index (χ2v) is 7.55. The lowest BCUT2D eigenvalue weighted by molar-refractivity contribution is 0.0915. The first kappa shape index (κ1) is 21.1. The molecule has 0 aliphatic carbocycles. The summed E-state index contributed by atoms with van der Waals surface area (Å²) < 4.78 is 5.77. The monoisotopic (exact) mass is 427 g/mol. The average Bonchev–Trinajstić information content (AvgIpc) is 2.70. The van der Waals surface area contributed by atoms with Gasteiger partial charge in [0.15, 0.2) is 0 Å². The third-order valence-corrected chi connectivity index (χ3v) is 5.03. The van der Waals surface area contributed by atoms with Crippen molar-refractivity contribution in [1.82, 2.24) is 9.97 Å². The number of halogens is 2. The molecule has 3 rings (SSSR count). The number of rotatable bonds is 7. The van der Waals surface area contributed by atoms with Gasteiger partial charge in [-0.15, -0.1) is 0 Å². The third-order valence-electron chi connectivity index (χ3n) is 4.29. The smallest absolute Gasteiger partial charge is 0.233 e. The Hall–Kier alpha value is -2.65. The van der Waals surface area contributed by atoms with Crippen molar-refractivity contribution in [2.24, 2.45) is 5.92 Å². The predicted octanol–water partition coefficient (Wildman–Crippen LogP) is 5.42. The van der Waals surface area contributed by atoms with Crippen LogP contribution in [-0.4, -0.2) is 21.7 Å². The standard InChI is InChI=1S/C22H19Cl2N3O2/c1-14(12-29-13-15-5-3-2-4-6-15)9-20-26-21(17(11-25)22(28)27-20)16-7-8-18(23)19(24)10-16/h2-8,10,14H,9,12-13H2,1H3,(H,26,27,28)/t14-/m1/s1. The Morgan fingerprint density at radius 3 is 2.55 bits per heavy atom. The fraction of sp³-hybridized carbons (Fsp3) is 0.227. The Labute approximate surface area is 179 Å². The first-order valence-corrected chi connectivity index (χ1v) is 9.80. The summed E-state index contributed by atoms with van der Waals surface area (Å²) in [6.45, 7) is 3.06. The highest BCUT2D eigenvalue weighted by Gasteiger charge is 2.18. The van der Waals surface area contributed by atoms with Crippen molar-refractivity contribution in [2.75, 3.05) is 6.61 Å². The van der Waals surface area contributed by atoms with Gasteiger partial charge >= 0.3 is 0 Å². The molecule has 0 unspecified atom stereocenters. The summed E-state index contributed by atoms with van der Waals surface area (Å²) in [5.74, 6) is 0.196. The van der Waals surface area contributed by atoms with Gasteiger partial charge in [0.05, 0.1) is 29.0 Å². The molecule has 1 N–H and O–H groups in total. The van der Waals surface area contributed by atoms with Gasteiger partial charge in [0.2, 0.25) is 5.88 Å². The molecule has 7 heteroatoms. The van der Waals surface area contributed by atoms with Crippen molar-refractivity contribution in [2.45, 2.75) is 20.0 Å². The highest BCUT2D eigenvalue weighted by Crippen LogP contribution is 2.31. The van der Waals surface area contributed by atoms with Gasteiger partial charge < -0.3 is 9.84 Å². The fourth-order valence-electron chi connectivity index (χ4n) is 2.86. The number of hydrogen-bond acceptors (Lipinski definition) is 5. The highest BCUT2D eigenvalue weighted by atomic mass is 35.5. The summed E-state index contributed by atoms with van der Waals surface area (Å²) in [6, 6.07) is 16.8. The van der Waals surface area contributed by atoms with Crippen molar-refractivity contribution >= 4 is 23.2 Å². The Bertz CT molecular complexity index is 1040. The van der Waals surface area contributed by atoms with Gasteiger partial charge in [-0.3, -0.25) is 0 Å². The average molecular weight is 428 g/mol. The minimum absolute atomic E-state index is 0.000111. The zero-order chi connectivity index (χ0) is 20.8. The predicted molar refractivity (Wildman–Crippen MR) is 113 cm³/mol. The second kappa shape index (κ2) is 9.71. The molecule has 0 saturated carbocycles. The molecular weight excluding hydrogens is 409 g/mol. The molecule has 0 aliphatic rings. The van der Waals surface area contributed by atoms with Crippen LogP contribution in [0.5, 0.6) is 5.88 Å². The summed E-state index contributed by atoms with van der Waals surface area (Å²) in [7, 11) is 0. The van der Waals surface area contributed by atoms with E-state index in [4.69, 9.17) is 27.9 Å². The van der Waals surface area contributed by atoms with Gasteiger partial charge in [-0.1, -0.05) is 66.5 Å².